The predicted molar refractivity (Wildman–Crippen MR) is 75.3 cm³/mol. The Morgan fingerprint density at radius 3 is 2.40 bits per heavy atom. The Bertz CT molecular complexity index is 459. The highest BCUT2D eigenvalue weighted by Gasteiger charge is 2.46. The zero-order valence-electron chi connectivity index (χ0n) is 12.9. The number of rotatable bonds is 5. The van der Waals surface area contributed by atoms with E-state index in [1.54, 1.807) is 14.2 Å². The number of hydrogen-bond donors (Lipinski definition) is 0. The van der Waals surface area contributed by atoms with E-state index in [9.17, 15) is 9.59 Å². The molecule has 1 fully saturated rings. The van der Waals surface area contributed by atoms with Crippen LogP contribution in [0.3, 0.4) is 0 Å². The normalized spacial score (nSPS) is 27.2. The molecule has 0 unspecified atom stereocenters. The molecule has 0 heterocycles. The summed E-state index contributed by atoms with van der Waals surface area (Å²) in [5.74, 6) is -0.190. The van der Waals surface area contributed by atoms with Gasteiger partial charge in [-0.3, -0.25) is 9.59 Å². The van der Waals surface area contributed by atoms with Crippen LogP contribution in [-0.2, 0) is 19.1 Å². The van der Waals surface area contributed by atoms with Crippen molar-refractivity contribution in [1.82, 2.24) is 0 Å². The van der Waals surface area contributed by atoms with Crippen LogP contribution in [0.25, 0.3) is 0 Å². The Hall–Kier alpha value is -1.00. The van der Waals surface area contributed by atoms with Crippen molar-refractivity contribution in [3.8, 4) is 0 Å². The van der Waals surface area contributed by atoms with Crippen LogP contribution in [0.5, 0.6) is 0 Å². The van der Waals surface area contributed by atoms with E-state index >= 15 is 0 Å². The molecule has 4 nitrogen and oxygen atoms in total. The third kappa shape index (κ3) is 2.47. The zero-order chi connectivity index (χ0) is 15.0. The predicted octanol–water partition coefficient (Wildman–Crippen LogP) is 2.80. The molecule has 0 aromatic heterocycles. The van der Waals surface area contributed by atoms with Gasteiger partial charge in [0.1, 0.15) is 5.78 Å². The molecule has 0 radical (unpaired) electrons. The maximum Gasteiger partial charge on any atom is 0.165 e. The Morgan fingerprint density at radius 2 is 1.80 bits per heavy atom. The summed E-state index contributed by atoms with van der Waals surface area (Å²) < 4.78 is 10.7. The van der Waals surface area contributed by atoms with Crippen molar-refractivity contribution < 1.29 is 19.1 Å². The summed E-state index contributed by atoms with van der Waals surface area (Å²) in [6.45, 7) is 3.86. The monoisotopic (exact) mass is 280 g/mol. The topological polar surface area (TPSA) is 52.6 Å². The van der Waals surface area contributed by atoms with Crippen molar-refractivity contribution in [2.24, 2.45) is 5.41 Å². The number of methoxy groups -OCH3 is 2. The van der Waals surface area contributed by atoms with Gasteiger partial charge in [-0.25, -0.2) is 0 Å². The summed E-state index contributed by atoms with van der Waals surface area (Å²) in [7, 11) is 3.21. The van der Waals surface area contributed by atoms with E-state index in [0.717, 1.165) is 17.6 Å². The van der Waals surface area contributed by atoms with Gasteiger partial charge in [-0.1, -0.05) is 0 Å². The number of Topliss-reactive ketones (excluding diaryl/α,β-unsaturated/α-hetero) is 2. The largest absolute Gasteiger partial charge is 0.353 e. The van der Waals surface area contributed by atoms with Crippen LogP contribution in [0, 0.1) is 5.41 Å². The average molecular weight is 280 g/mol. The van der Waals surface area contributed by atoms with Crippen molar-refractivity contribution in [3.63, 3.8) is 0 Å². The van der Waals surface area contributed by atoms with E-state index in [4.69, 9.17) is 9.47 Å². The molecule has 0 aliphatic heterocycles. The molecule has 0 saturated heterocycles. The quantitative estimate of drug-likeness (QED) is 0.727. The number of allylic oxidation sites excluding steroid dienone is 2. The van der Waals surface area contributed by atoms with E-state index in [0.29, 0.717) is 37.9 Å². The molecule has 20 heavy (non-hydrogen) atoms. The van der Waals surface area contributed by atoms with Crippen molar-refractivity contribution in [2.45, 2.75) is 58.2 Å². The summed E-state index contributed by atoms with van der Waals surface area (Å²) in [5, 5.41) is 0. The van der Waals surface area contributed by atoms with Crippen LogP contribution in [0.15, 0.2) is 11.1 Å². The summed E-state index contributed by atoms with van der Waals surface area (Å²) in [4.78, 5) is 24.3. The summed E-state index contributed by atoms with van der Waals surface area (Å²) in [6.07, 6.45) is 3.72. The van der Waals surface area contributed by atoms with Crippen LogP contribution < -0.4 is 0 Å². The molecule has 0 bridgehead atoms. The van der Waals surface area contributed by atoms with Crippen molar-refractivity contribution >= 4 is 11.6 Å². The first-order valence-electron chi connectivity index (χ1n) is 7.25. The lowest BCUT2D eigenvalue weighted by Crippen LogP contribution is -2.33. The fraction of sp³-hybridized carbons (Fsp3) is 0.750. The number of hydrogen-bond acceptors (Lipinski definition) is 4. The van der Waals surface area contributed by atoms with Crippen molar-refractivity contribution in [2.75, 3.05) is 14.2 Å². The number of fused-ring (bicyclic) bond motifs is 1. The molecular formula is C16H24O4. The number of carbonyl (C=O) groups excluding carboxylic acids is 2. The van der Waals surface area contributed by atoms with Gasteiger partial charge in [0.15, 0.2) is 11.6 Å². The highest BCUT2D eigenvalue weighted by molar-refractivity contribution is 6.02. The Balaban J connectivity index is 2.24. The van der Waals surface area contributed by atoms with Gasteiger partial charge in [-0.2, -0.15) is 0 Å². The van der Waals surface area contributed by atoms with Crippen molar-refractivity contribution in [1.29, 1.82) is 0 Å². The fourth-order valence-corrected chi connectivity index (χ4v) is 3.35. The van der Waals surface area contributed by atoms with E-state index < -0.39 is 5.79 Å². The second-order valence-corrected chi connectivity index (χ2v) is 6.18. The van der Waals surface area contributed by atoms with Gasteiger partial charge in [-0.05, 0) is 44.3 Å². The van der Waals surface area contributed by atoms with Gasteiger partial charge < -0.3 is 9.47 Å². The smallest absolute Gasteiger partial charge is 0.165 e. The first kappa shape index (κ1) is 15.4. The molecule has 0 spiro atoms. The minimum absolute atomic E-state index is 0.196. The van der Waals surface area contributed by atoms with Crippen LogP contribution in [-0.4, -0.2) is 31.6 Å². The van der Waals surface area contributed by atoms with Crippen LogP contribution in [0.1, 0.15) is 52.4 Å². The van der Waals surface area contributed by atoms with E-state index in [2.05, 4.69) is 0 Å². The highest BCUT2D eigenvalue weighted by atomic mass is 16.7. The Labute approximate surface area is 120 Å². The first-order chi connectivity index (χ1) is 9.36. The lowest BCUT2D eigenvalue weighted by molar-refractivity contribution is -0.196. The van der Waals surface area contributed by atoms with Crippen LogP contribution in [0.4, 0.5) is 0 Å². The third-order valence-corrected chi connectivity index (χ3v) is 5.13. The zero-order valence-corrected chi connectivity index (χ0v) is 12.9. The van der Waals surface area contributed by atoms with Crippen LogP contribution in [0.2, 0.25) is 0 Å². The average Bonchev–Trinajstić information content (AvgIpc) is 2.74. The number of carbonyl (C=O) groups is 2. The van der Waals surface area contributed by atoms with Crippen molar-refractivity contribution in [3.05, 3.63) is 11.1 Å². The molecule has 0 aromatic rings. The number of ketones is 2. The maximum absolute atomic E-state index is 12.2. The second-order valence-electron chi connectivity index (χ2n) is 6.18. The summed E-state index contributed by atoms with van der Waals surface area (Å²) in [6, 6.07) is 0. The summed E-state index contributed by atoms with van der Waals surface area (Å²) in [5.41, 5.74) is 1.54. The molecule has 2 aliphatic carbocycles. The minimum Gasteiger partial charge on any atom is -0.353 e. The van der Waals surface area contributed by atoms with Gasteiger partial charge in [-0.15, -0.1) is 0 Å². The third-order valence-electron chi connectivity index (χ3n) is 5.13. The number of ether oxygens (including phenoxy) is 2. The van der Waals surface area contributed by atoms with Crippen LogP contribution >= 0.6 is 0 Å². The molecule has 1 atom stereocenters. The maximum atomic E-state index is 12.2. The molecule has 2 aliphatic rings. The minimum atomic E-state index is -0.676. The lowest BCUT2D eigenvalue weighted by atomic mass is 9.71. The molecule has 2 rings (SSSR count). The molecule has 112 valence electrons. The Kier molecular flexibility index (Phi) is 4.17. The molecule has 1 saturated carbocycles. The van der Waals surface area contributed by atoms with Gasteiger partial charge >= 0.3 is 0 Å². The Morgan fingerprint density at radius 1 is 1.15 bits per heavy atom. The van der Waals surface area contributed by atoms with Gasteiger partial charge in [0.25, 0.3) is 0 Å². The summed E-state index contributed by atoms with van der Waals surface area (Å²) >= 11 is 0. The molecule has 4 heteroatoms. The van der Waals surface area contributed by atoms with E-state index in [-0.39, 0.29) is 11.2 Å². The van der Waals surface area contributed by atoms with Gasteiger partial charge in [0, 0.05) is 38.9 Å². The lowest BCUT2D eigenvalue weighted by Gasteiger charge is -2.33. The highest BCUT2D eigenvalue weighted by Crippen LogP contribution is 2.49. The molecule has 0 N–H and O–H groups in total. The van der Waals surface area contributed by atoms with Gasteiger partial charge in [0.2, 0.25) is 0 Å². The molecule has 0 amide bonds. The first-order valence-corrected chi connectivity index (χ1v) is 7.25. The fourth-order valence-electron chi connectivity index (χ4n) is 3.35. The standard InChI is InChI=1S/C16H24O4/c1-15-9-8-13(17)11(12(15)5-6-14(15)18)7-10-16(2,19-3)20-4/h5-10H2,1-4H3/t15-/m0/s1. The van der Waals surface area contributed by atoms with E-state index in [1.807, 2.05) is 13.8 Å². The molecular weight excluding hydrogens is 256 g/mol. The molecule has 0 aromatic carbocycles. The van der Waals surface area contributed by atoms with E-state index in [1.165, 1.54) is 0 Å². The van der Waals surface area contributed by atoms with Gasteiger partial charge in [0.05, 0.1) is 0 Å². The second kappa shape index (κ2) is 5.41. The SMILES string of the molecule is COC(C)(CCC1=C2CCC(=O)[C@@]2(C)CCC1=O)OC.